The monoisotopic (exact) mass is 521 g/mol. The first-order valence-corrected chi connectivity index (χ1v) is 10.4. The molecule has 4 N–H and O–H groups in total. The molecule has 1 aromatic carbocycles. The lowest BCUT2D eigenvalue weighted by Crippen LogP contribution is -2.49. The Morgan fingerprint density at radius 2 is 1.83 bits per heavy atom. The minimum Gasteiger partial charge on any atom is -0.467 e. The maximum absolute atomic E-state index is 13.8. The van der Waals surface area contributed by atoms with Gasteiger partial charge in [0, 0.05) is 12.1 Å². The summed E-state index contributed by atoms with van der Waals surface area (Å²) in [4.78, 5) is 28.7. The van der Waals surface area contributed by atoms with Crippen molar-refractivity contribution in [2.45, 2.75) is 44.2 Å². The highest BCUT2D eigenvalue weighted by atomic mass is 35.5. The highest BCUT2D eigenvalue weighted by Crippen LogP contribution is 2.39. The van der Waals surface area contributed by atoms with Gasteiger partial charge < -0.3 is 25.6 Å². The van der Waals surface area contributed by atoms with Crippen LogP contribution in [0.3, 0.4) is 0 Å². The number of ether oxygens (including phenoxy) is 2. The summed E-state index contributed by atoms with van der Waals surface area (Å²) in [6.45, 7) is 3.38. The van der Waals surface area contributed by atoms with Crippen LogP contribution >= 0.6 is 11.6 Å². The van der Waals surface area contributed by atoms with E-state index in [1.807, 2.05) is 0 Å². The number of aliphatic hydroxyl groups is 1. The third-order valence-corrected chi connectivity index (χ3v) is 4.97. The van der Waals surface area contributed by atoms with Gasteiger partial charge >= 0.3 is 18.2 Å². The second-order valence-corrected chi connectivity index (χ2v) is 8.87. The number of amides is 1. The molecule has 0 bridgehead atoms. The Labute approximate surface area is 203 Å². The van der Waals surface area contributed by atoms with Crippen molar-refractivity contribution in [1.29, 1.82) is 0 Å². The standard InChI is InChI=1S/C22H24ClF4N3O5/c1-20(2,3)35-19(32)30-17(18(31)34-4)12-8-15(11-5-6-14(24)13(23)7-11)29-16(9-12)21(33,10-28)22(25,26)27/h5-9,17,33H,10,28H2,1-4H3,(H,30,32). The second kappa shape index (κ2) is 10.3. The van der Waals surface area contributed by atoms with Crippen LogP contribution in [-0.2, 0) is 19.9 Å². The van der Waals surface area contributed by atoms with E-state index in [9.17, 15) is 32.3 Å². The Morgan fingerprint density at radius 3 is 2.31 bits per heavy atom. The number of nitrogens with zero attached hydrogens (tertiary/aromatic N) is 1. The zero-order chi connectivity index (χ0) is 26.8. The molecule has 0 aliphatic rings. The Morgan fingerprint density at radius 1 is 1.20 bits per heavy atom. The largest absolute Gasteiger partial charge is 0.467 e. The van der Waals surface area contributed by atoms with Gasteiger partial charge in [0.05, 0.1) is 23.5 Å². The molecule has 0 aliphatic heterocycles. The van der Waals surface area contributed by atoms with E-state index in [2.05, 4.69) is 15.0 Å². The summed E-state index contributed by atoms with van der Waals surface area (Å²) < 4.78 is 64.8. The Balaban J connectivity index is 2.76. The maximum atomic E-state index is 13.8. The second-order valence-electron chi connectivity index (χ2n) is 8.46. The fourth-order valence-corrected chi connectivity index (χ4v) is 3.10. The van der Waals surface area contributed by atoms with Gasteiger partial charge in [0.2, 0.25) is 5.60 Å². The van der Waals surface area contributed by atoms with E-state index in [1.54, 1.807) is 20.8 Å². The van der Waals surface area contributed by atoms with Crippen LogP contribution in [0.5, 0.6) is 0 Å². The summed E-state index contributed by atoms with van der Waals surface area (Å²) >= 11 is 5.80. The van der Waals surface area contributed by atoms with Crippen LogP contribution in [0, 0.1) is 5.82 Å². The van der Waals surface area contributed by atoms with Crippen molar-refractivity contribution in [3.63, 3.8) is 0 Å². The smallest absolute Gasteiger partial charge is 0.424 e. The van der Waals surface area contributed by atoms with Crippen LogP contribution in [0.2, 0.25) is 5.02 Å². The number of methoxy groups -OCH3 is 1. The molecular formula is C22H24ClF4N3O5. The lowest BCUT2D eigenvalue weighted by molar-refractivity contribution is -0.263. The van der Waals surface area contributed by atoms with E-state index < -0.39 is 53.5 Å². The minimum atomic E-state index is -5.26. The fraction of sp³-hybridized carbons (Fsp3) is 0.409. The number of aromatic nitrogens is 1. The number of pyridine rings is 1. The zero-order valence-corrected chi connectivity index (χ0v) is 19.9. The van der Waals surface area contributed by atoms with Crippen LogP contribution < -0.4 is 11.1 Å². The van der Waals surface area contributed by atoms with Gasteiger partial charge in [-0.2, -0.15) is 13.2 Å². The number of esters is 1. The molecule has 0 saturated carbocycles. The Hall–Kier alpha value is -2.96. The topological polar surface area (TPSA) is 124 Å². The predicted molar refractivity (Wildman–Crippen MR) is 118 cm³/mol. The van der Waals surface area contributed by atoms with Gasteiger partial charge in [0.25, 0.3) is 0 Å². The Kier molecular flexibility index (Phi) is 8.36. The molecule has 2 rings (SSSR count). The van der Waals surface area contributed by atoms with Crippen molar-refractivity contribution in [2.24, 2.45) is 5.73 Å². The van der Waals surface area contributed by atoms with Crippen molar-refractivity contribution in [1.82, 2.24) is 10.3 Å². The van der Waals surface area contributed by atoms with E-state index >= 15 is 0 Å². The summed E-state index contributed by atoms with van der Waals surface area (Å²) in [6, 6.07) is 3.48. The summed E-state index contributed by atoms with van der Waals surface area (Å²) in [6.07, 6.45) is -6.33. The zero-order valence-electron chi connectivity index (χ0n) is 19.2. The van der Waals surface area contributed by atoms with E-state index in [0.717, 1.165) is 31.4 Å². The van der Waals surface area contributed by atoms with E-state index in [4.69, 9.17) is 22.1 Å². The molecule has 1 aromatic heterocycles. The fourth-order valence-electron chi connectivity index (χ4n) is 2.92. The van der Waals surface area contributed by atoms with Gasteiger partial charge in [0.15, 0.2) is 6.04 Å². The van der Waals surface area contributed by atoms with Crippen molar-refractivity contribution in [2.75, 3.05) is 13.7 Å². The van der Waals surface area contributed by atoms with Crippen LogP contribution in [0.1, 0.15) is 38.1 Å². The molecule has 8 nitrogen and oxygen atoms in total. The number of alkyl halides is 3. The first-order valence-electron chi connectivity index (χ1n) is 10.1. The number of nitrogens with one attached hydrogen (secondary N) is 1. The van der Waals surface area contributed by atoms with Gasteiger partial charge in [-0.05, 0) is 56.7 Å². The van der Waals surface area contributed by atoms with Crippen molar-refractivity contribution < 1.29 is 41.7 Å². The van der Waals surface area contributed by atoms with Crippen LogP contribution in [0.15, 0.2) is 30.3 Å². The summed E-state index contributed by atoms with van der Waals surface area (Å²) in [5, 5.41) is 12.3. The molecule has 1 amide bonds. The Bertz CT molecular complexity index is 1110. The molecule has 2 aromatic rings. The average Bonchev–Trinajstić information content (AvgIpc) is 2.75. The van der Waals surface area contributed by atoms with Crippen LogP contribution in [0.25, 0.3) is 11.3 Å². The quantitative estimate of drug-likeness (QED) is 0.388. The minimum absolute atomic E-state index is 0.0573. The summed E-state index contributed by atoms with van der Waals surface area (Å²) in [7, 11) is 1.00. The highest BCUT2D eigenvalue weighted by molar-refractivity contribution is 6.31. The van der Waals surface area contributed by atoms with Gasteiger partial charge in [-0.3, -0.25) is 0 Å². The number of hydrogen-bond acceptors (Lipinski definition) is 7. The number of benzene rings is 1. The number of nitrogens with two attached hydrogens (primary N) is 1. The van der Waals surface area contributed by atoms with E-state index in [1.165, 1.54) is 6.07 Å². The maximum Gasteiger partial charge on any atom is 0.424 e. The summed E-state index contributed by atoms with van der Waals surface area (Å²) in [5.41, 5.74) is -0.709. The molecule has 2 atom stereocenters. The van der Waals surface area contributed by atoms with Gasteiger partial charge in [-0.1, -0.05) is 11.6 Å². The molecule has 35 heavy (non-hydrogen) atoms. The van der Waals surface area contributed by atoms with Crippen LogP contribution in [-0.4, -0.2) is 47.6 Å². The van der Waals surface area contributed by atoms with Gasteiger partial charge in [0.1, 0.15) is 11.4 Å². The molecule has 1 heterocycles. The third-order valence-electron chi connectivity index (χ3n) is 4.68. The molecule has 13 heteroatoms. The average molecular weight is 522 g/mol. The van der Waals surface area contributed by atoms with Crippen LogP contribution in [0.4, 0.5) is 22.4 Å². The number of carbonyl (C=O) groups excluding carboxylic acids is 2. The lowest BCUT2D eigenvalue weighted by atomic mass is 9.93. The summed E-state index contributed by atoms with van der Waals surface area (Å²) in [5.74, 6) is -1.85. The molecule has 0 saturated heterocycles. The number of carbonyl (C=O) groups is 2. The number of halogens is 5. The molecule has 0 radical (unpaired) electrons. The normalized spacial score (nSPS) is 14.6. The number of alkyl carbamates (subject to hydrolysis) is 1. The van der Waals surface area contributed by atoms with E-state index in [0.29, 0.717) is 0 Å². The van der Waals surface area contributed by atoms with E-state index in [-0.39, 0.29) is 21.8 Å². The molecule has 0 aliphatic carbocycles. The molecule has 0 fully saturated rings. The van der Waals surface area contributed by atoms with Crippen molar-refractivity contribution in [3.05, 3.63) is 52.4 Å². The van der Waals surface area contributed by atoms with Crippen molar-refractivity contribution >= 4 is 23.7 Å². The molecule has 2 unspecified atom stereocenters. The first kappa shape index (κ1) is 28.3. The highest BCUT2D eigenvalue weighted by Gasteiger charge is 2.55. The number of hydrogen-bond donors (Lipinski definition) is 3. The third kappa shape index (κ3) is 6.59. The first-order chi connectivity index (χ1) is 16.0. The predicted octanol–water partition coefficient (Wildman–Crippen LogP) is 3.99. The lowest BCUT2D eigenvalue weighted by Gasteiger charge is -2.30. The SMILES string of the molecule is COC(=O)C(NC(=O)OC(C)(C)C)c1cc(-c2ccc(F)c(Cl)c2)nc(C(O)(CN)C(F)(F)F)c1. The van der Waals surface area contributed by atoms with Gasteiger partial charge in [-0.15, -0.1) is 0 Å². The van der Waals surface area contributed by atoms with Gasteiger partial charge in [-0.25, -0.2) is 19.0 Å². The van der Waals surface area contributed by atoms with Crippen molar-refractivity contribution in [3.8, 4) is 11.3 Å². The number of rotatable bonds is 6. The molecular weight excluding hydrogens is 498 g/mol. The molecule has 192 valence electrons. The molecule has 0 spiro atoms.